The van der Waals surface area contributed by atoms with Crippen molar-refractivity contribution < 1.29 is 30.0 Å². The number of hydrogen-bond donors (Lipinski definition) is 4. The molecule has 6 nitrogen and oxygen atoms in total. The molecule has 1 fully saturated rings. The monoisotopic (exact) mass is 344 g/mol. The summed E-state index contributed by atoms with van der Waals surface area (Å²) in [5, 5.41) is 38.1. The molecule has 140 valence electrons. The van der Waals surface area contributed by atoms with E-state index in [4.69, 9.17) is 9.84 Å². The molecule has 0 amide bonds. The largest absolute Gasteiger partial charge is 0.481 e. The molecule has 0 aromatic carbocycles. The van der Waals surface area contributed by atoms with Gasteiger partial charge in [-0.2, -0.15) is 0 Å². The summed E-state index contributed by atoms with van der Waals surface area (Å²) in [7, 11) is 0. The predicted octanol–water partition coefficient (Wildman–Crippen LogP) is 2.01. The fourth-order valence-corrected chi connectivity index (χ4v) is 2.90. The Bertz CT molecular complexity index is 384. The number of aliphatic carboxylic acids is 1. The first-order valence-corrected chi connectivity index (χ1v) is 9.03. The van der Waals surface area contributed by atoms with Gasteiger partial charge in [-0.1, -0.05) is 44.8 Å². The van der Waals surface area contributed by atoms with E-state index in [-0.39, 0.29) is 12.5 Å². The summed E-state index contributed by atoms with van der Waals surface area (Å²) >= 11 is 0. The van der Waals surface area contributed by atoms with Gasteiger partial charge in [0.05, 0.1) is 30.5 Å². The van der Waals surface area contributed by atoms with Crippen LogP contribution in [0.3, 0.4) is 0 Å². The van der Waals surface area contributed by atoms with Crippen molar-refractivity contribution in [1.29, 1.82) is 0 Å². The van der Waals surface area contributed by atoms with Gasteiger partial charge in [0.15, 0.2) is 0 Å². The lowest BCUT2D eigenvalue weighted by Gasteiger charge is -2.17. The number of unbranched alkanes of at least 4 members (excludes halogenated alkanes) is 4. The van der Waals surface area contributed by atoms with Crippen molar-refractivity contribution in [3.8, 4) is 0 Å². The third-order valence-electron chi connectivity index (χ3n) is 4.46. The van der Waals surface area contributed by atoms with Crippen molar-refractivity contribution in [3.05, 3.63) is 12.2 Å². The maximum atomic E-state index is 10.4. The van der Waals surface area contributed by atoms with Crippen LogP contribution in [0.2, 0.25) is 0 Å². The van der Waals surface area contributed by atoms with Crippen LogP contribution in [-0.2, 0) is 9.53 Å². The molecule has 0 unspecified atom stereocenters. The van der Waals surface area contributed by atoms with Gasteiger partial charge in [-0.3, -0.25) is 4.79 Å². The lowest BCUT2D eigenvalue weighted by molar-refractivity contribution is -0.137. The number of hydrogen-bond acceptors (Lipinski definition) is 5. The fourth-order valence-electron chi connectivity index (χ4n) is 2.90. The van der Waals surface area contributed by atoms with Gasteiger partial charge < -0.3 is 25.2 Å². The summed E-state index contributed by atoms with van der Waals surface area (Å²) < 4.78 is 5.75. The van der Waals surface area contributed by atoms with E-state index in [1.54, 1.807) is 6.08 Å². The fraction of sp³-hybridized carbons (Fsp3) is 0.833. The van der Waals surface area contributed by atoms with Gasteiger partial charge in [-0.25, -0.2) is 0 Å². The van der Waals surface area contributed by atoms with E-state index in [9.17, 15) is 20.1 Å². The molecule has 0 aromatic rings. The number of ether oxygens (including phenoxy) is 1. The van der Waals surface area contributed by atoms with Gasteiger partial charge >= 0.3 is 5.97 Å². The molecule has 6 heteroatoms. The van der Waals surface area contributed by atoms with Crippen molar-refractivity contribution >= 4 is 5.97 Å². The molecule has 5 atom stereocenters. The Balaban J connectivity index is 2.19. The quantitative estimate of drug-likeness (QED) is 0.319. The topological polar surface area (TPSA) is 107 Å². The minimum Gasteiger partial charge on any atom is -0.481 e. The van der Waals surface area contributed by atoms with Gasteiger partial charge in [0.1, 0.15) is 0 Å². The Morgan fingerprint density at radius 1 is 1.17 bits per heavy atom. The normalized spacial score (nSPS) is 26.8. The summed E-state index contributed by atoms with van der Waals surface area (Å²) in [6.07, 6.45) is 6.93. The Hall–Kier alpha value is -0.950. The Kier molecular flexibility index (Phi) is 10.2. The third kappa shape index (κ3) is 8.24. The van der Waals surface area contributed by atoms with E-state index < -0.39 is 30.4 Å². The average Bonchev–Trinajstić information content (AvgIpc) is 2.92. The lowest BCUT2D eigenvalue weighted by Crippen LogP contribution is -2.25. The van der Waals surface area contributed by atoms with Crippen LogP contribution in [0.5, 0.6) is 0 Å². The van der Waals surface area contributed by atoms with Crippen molar-refractivity contribution in [2.45, 2.75) is 95.2 Å². The van der Waals surface area contributed by atoms with Crippen molar-refractivity contribution in [1.82, 2.24) is 0 Å². The summed E-state index contributed by atoms with van der Waals surface area (Å²) in [5.41, 5.74) is 0. The maximum absolute atomic E-state index is 10.4. The number of aliphatic hydroxyl groups is 3. The molecular weight excluding hydrogens is 312 g/mol. The van der Waals surface area contributed by atoms with Crippen LogP contribution in [-0.4, -0.2) is 56.9 Å². The molecule has 1 aliphatic heterocycles. The Morgan fingerprint density at radius 3 is 2.50 bits per heavy atom. The highest BCUT2D eigenvalue weighted by Crippen LogP contribution is 2.27. The average molecular weight is 344 g/mol. The molecule has 1 rings (SSSR count). The summed E-state index contributed by atoms with van der Waals surface area (Å²) in [6.45, 7) is 1.86. The van der Waals surface area contributed by atoms with Crippen molar-refractivity contribution in [2.75, 3.05) is 0 Å². The molecule has 1 heterocycles. The minimum atomic E-state index is -0.818. The van der Waals surface area contributed by atoms with Crippen LogP contribution >= 0.6 is 0 Å². The molecule has 1 aliphatic rings. The summed E-state index contributed by atoms with van der Waals surface area (Å²) in [5.74, 6) is -0.748. The molecule has 0 aliphatic carbocycles. The zero-order chi connectivity index (χ0) is 17.9. The molecule has 0 spiro atoms. The summed E-state index contributed by atoms with van der Waals surface area (Å²) in [6, 6.07) is 0. The maximum Gasteiger partial charge on any atom is 0.303 e. The van der Waals surface area contributed by atoms with Gasteiger partial charge in [0.2, 0.25) is 0 Å². The molecule has 0 radical (unpaired) electrons. The molecule has 1 saturated heterocycles. The lowest BCUT2D eigenvalue weighted by atomic mass is 10.0. The second kappa shape index (κ2) is 11.6. The van der Waals surface area contributed by atoms with Gasteiger partial charge in [0, 0.05) is 12.8 Å². The highest BCUT2D eigenvalue weighted by molar-refractivity contribution is 5.66. The van der Waals surface area contributed by atoms with E-state index in [2.05, 4.69) is 0 Å². The van der Waals surface area contributed by atoms with Gasteiger partial charge in [-0.15, -0.1) is 0 Å². The minimum absolute atomic E-state index is 0.226. The van der Waals surface area contributed by atoms with E-state index in [0.717, 1.165) is 32.1 Å². The van der Waals surface area contributed by atoms with Crippen molar-refractivity contribution in [3.63, 3.8) is 0 Å². The molecule has 4 N–H and O–H groups in total. The Labute approximate surface area is 144 Å². The molecule has 0 aromatic heterocycles. The van der Waals surface area contributed by atoms with E-state index in [1.807, 2.05) is 6.92 Å². The second-order valence-electron chi connectivity index (χ2n) is 6.57. The zero-order valence-electron chi connectivity index (χ0n) is 14.5. The van der Waals surface area contributed by atoms with Gasteiger partial charge in [-0.05, 0) is 19.3 Å². The van der Waals surface area contributed by atoms with E-state index in [1.165, 1.54) is 6.08 Å². The first-order valence-electron chi connectivity index (χ1n) is 9.03. The molecule has 0 saturated carbocycles. The Morgan fingerprint density at radius 2 is 1.83 bits per heavy atom. The number of carboxylic acid groups (broad SMARTS) is 1. The second-order valence-corrected chi connectivity index (χ2v) is 6.57. The van der Waals surface area contributed by atoms with Crippen molar-refractivity contribution in [2.24, 2.45) is 0 Å². The molecular formula is C18H32O6. The van der Waals surface area contributed by atoms with E-state index >= 15 is 0 Å². The highest BCUT2D eigenvalue weighted by Gasteiger charge is 2.36. The molecule has 0 bridgehead atoms. The van der Waals surface area contributed by atoms with Crippen LogP contribution in [0.4, 0.5) is 0 Å². The standard InChI is InChI=1S/C18H32O6/c1-2-13(19)10-11-14(20)17-12-15(21)16(24-17)8-6-4-3-5-7-9-18(22)23/h10-11,13-17,19-21H,2-9,12H2,1H3,(H,22,23)/b11-10+/t13-,14-,15-,16+,17+/m0/s1. The first-order chi connectivity index (χ1) is 11.4. The van der Waals surface area contributed by atoms with Crippen LogP contribution in [0, 0.1) is 0 Å². The van der Waals surface area contributed by atoms with Crippen LogP contribution < -0.4 is 0 Å². The SMILES string of the molecule is CC[C@H](O)/C=C/[C@H](O)[C@H]1C[C@H](O)[C@@H](CCCCCCCC(=O)O)O1. The zero-order valence-corrected chi connectivity index (χ0v) is 14.5. The first kappa shape index (κ1) is 21.1. The van der Waals surface area contributed by atoms with Crippen LogP contribution in [0.15, 0.2) is 12.2 Å². The number of carboxylic acids is 1. The number of carbonyl (C=O) groups is 1. The van der Waals surface area contributed by atoms with Crippen LogP contribution in [0.1, 0.15) is 64.7 Å². The number of aliphatic hydroxyl groups excluding tert-OH is 3. The number of rotatable bonds is 12. The summed E-state index contributed by atoms with van der Waals surface area (Å²) in [4.78, 5) is 10.4. The van der Waals surface area contributed by atoms with Gasteiger partial charge in [0.25, 0.3) is 0 Å². The highest BCUT2D eigenvalue weighted by atomic mass is 16.5. The predicted molar refractivity (Wildman–Crippen MR) is 90.7 cm³/mol. The molecule has 24 heavy (non-hydrogen) atoms. The van der Waals surface area contributed by atoms with Crippen LogP contribution in [0.25, 0.3) is 0 Å². The van der Waals surface area contributed by atoms with E-state index in [0.29, 0.717) is 19.3 Å². The smallest absolute Gasteiger partial charge is 0.303 e. The third-order valence-corrected chi connectivity index (χ3v) is 4.46.